The number of piperidine rings is 1. The van der Waals surface area contributed by atoms with E-state index in [9.17, 15) is 9.59 Å². The van der Waals surface area contributed by atoms with Crippen LogP contribution >= 0.6 is 0 Å². The first-order valence-corrected chi connectivity index (χ1v) is 12.7. The fourth-order valence-electron chi connectivity index (χ4n) is 5.32. The van der Waals surface area contributed by atoms with E-state index >= 15 is 0 Å². The van der Waals surface area contributed by atoms with Crippen molar-refractivity contribution < 1.29 is 14.3 Å². The second kappa shape index (κ2) is 10.7. The zero-order valence-corrected chi connectivity index (χ0v) is 21.6. The topological polar surface area (TPSA) is 62.2 Å². The second-order valence-electron chi connectivity index (χ2n) is 10.0. The van der Waals surface area contributed by atoms with E-state index in [1.807, 2.05) is 6.92 Å². The van der Waals surface area contributed by atoms with Gasteiger partial charge in [0.1, 0.15) is 0 Å². The molecule has 35 heavy (non-hydrogen) atoms. The molecule has 0 bridgehead atoms. The van der Waals surface area contributed by atoms with Crippen molar-refractivity contribution in [1.29, 1.82) is 0 Å². The Morgan fingerprint density at radius 3 is 2.51 bits per heavy atom. The van der Waals surface area contributed by atoms with Gasteiger partial charge in [0.2, 0.25) is 0 Å². The van der Waals surface area contributed by atoms with Crippen LogP contribution in [0.15, 0.2) is 41.5 Å². The molecule has 2 heterocycles. The zero-order chi connectivity index (χ0) is 25.1. The van der Waals surface area contributed by atoms with Crippen LogP contribution in [0.3, 0.4) is 0 Å². The average molecular weight is 476 g/mol. The lowest BCUT2D eigenvalue weighted by Gasteiger charge is -2.32. The average Bonchev–Trinajstić information content (AvgIpc) is 3.26. The van der Waals surface area contributed by atoms with Crippen molar-refractivity contribution in [2.75, 3.05) is 26.2 Å². The number of hydrogen-bond donors (Lipinski definition) is 0. The monoisotopic (exact) mass is 475 g/mol. The number of nitrogens with zero attached hydrogens (tertiary/aromatic N) is 3. The highest BCUT2D eigenvalue weighted by Gasteiger charge is 2.36. The predicted octanol–water partition coefficient (Wildman–Crippen LogP) is 4.87. The largest absolute Gasteiger partial charge is 0.466 e. The van der Waals surface area contributed by atoms with Crippen LogP contribution in [-0.4, -0.2) is 53.7 Å². The molecule has 6 nitrogen and oxygen atoms in total. The summed E-state index contributed by atoms with van der Waals surface area (Å²) in [5, 5.41) is 6.61. The molecule has 2 aromatic carbocycles. The van der Waals surface area contributed by atoms with Crippen LogP contribution in [0.1, 0.15) is 65.6 Å². The van der Waals surface area contributed by atoms with Crippen LogP contribution in [-0.2, 0) is 14.3 Å². The number of likely N-dealkylation sites (tertiary alicyclic amines) is 1. The minimum absolute atomic E-state index is 0.0276. The van der Waals surface area contributed by atoms with Crippen molar-refractivity contribution in [2.45, 2.75) is 59.9 Å². The van der Waals surface area contributed by atoms with Gasteiger partial charge >= 0.3 is 5.97 Å². The van der Waals surface area contributed by atoms with Gasteiger partial charge in [-0.3, -0.25) is 14.5 Å². The van der Waals surface area contributed by atoms with Gasteiger partial charge in [0.15, 0.2) is 0 Å². The van der Waals surface area contributed by atoms with E-state index in [1.165, 1.54) is 16.7 Å². The smallest absolute Gasteiger partial charge is 0.310 e. The summed E-state index contributed by atoms with van der Waals surface area (Å²) in [6.07, 6.45) is 2.38. The Morgan fingerprint density at radius 1 is 1.03 bits per heavy atom. The molecule has 2 aliphatic heterocycles. The standard InChI is InChI=1S/C29H37N3O3/c1-6-35-29(34)23-8-7-13-31(17-23)18-28(33)32-27(25-15-20(3)9-11-21(25)4)16-26(30-32)24-12-10-19(2)14-22(24)5/h9-12,14-15,23,27H,6-8,13,16-18H2,1-5H3. The quantitative estimate of drug-likeness (QED) is 0.559. The molecule has 2 unspecified atom stereocenters. The Morgan fingerprint density at radius 2 is 1.77 bits per heavy atom. The third kappa shape index (κ3) is 5.64. The lowest BCUT2D eigenvalue weighted by molar-refractivity contribution is -0.150. The van der Waals surface area contributed by atoms with Gasteiger partial charge in [0.05, 0.1) is 30.8 Å². The van der Waals surface area contributed by atoms with Crippen molar-refractivity contribution >= 4 is 17.6 Å². The number of hydrogen-bond acceptors (Lipinski definition) is 5. The second-order valence-corrected chi connectivity index (χ2v) is 10.0. The van der Waals surface area contributed by atoms with Gasteiger partial charge in [-0.2, -0.15) is 5.10 Å². The van der Waals surface area contributed by atoms with E-state index in [-0.39, 0.29) is 30.4 Å². The van der Waals surface area contributed by atoms with Gasteiger partial charge in [-0.25, -0.2) is 5.01 Å². The third-order valence-corrected chi connectivity index (χ3v) is 7.14. The molecule has 1 fully saturated rings. The molecule has 2 aliphatic rings. The molecule has 0 N–H and O–H groups in total. The van der Waals surface area contributed by atoms with Crippen molar-refractivity contribution in [3.63, 3.8) is 0 Å². The number of rotatable bonds is 6. The molecular formula is C29H37N3O3. The molecule has 2 atom stereocenters. The highest BCUT2D eigenvalue weighted by molar-refractivity contribution is 6.04. The molecule has 0 spiro atoms. The Labute approximate surface area is 209 Å². The van der Waals surface area contributed by atoms with Crippen molar-refractivity contribution in [2.24, 2.45) is 11.0 Å². The van der Waals surface area contributed by atoms with E-state index in [0.29, 0.717) is 19.6 Å². The van der Waals surface area contributed by atoms with Crippen LogP contribution in [0, 0.1) is 33.6 Å². The van der Waals surface area contributed by atoms with E-state index in [2.05, 4.69) is 69.0 Å². The Bertz CT molecular complexity index is 1140. The molecule has 186 valence electrons. The first kappa shape index (κ1) is 25.1. The highest BCUT2D eigenvalue weighted by Crippen LogP contribution is 2.36. The van der Waals surface area contributed by atoms with Gasteiger partial charge in [-0.1, -0.05) is 47.5 Å². The van der Waals surface area contributed by atoms with E-state index in [0.717, 1.165) is 41.8 Å². The summed E-state index contributed by atoms with van der Waals surface area (Å²) in [7, 11) is 0. The summed E-state index contributed by atoms with van der Waals surface area (Å²) in [4.78, 5) is 28.0. The number of hydrazone groups is 1. The number of amides is 1. The Kier molecular flexibility index (Phi) is 7.70. The van der Waals surface area contributed by atoms with Crippen LogP contribution < -0.4 is 0 Å². The van der Waals surface area contributed by atoms with Crippen LogP contribution in [0.25, 0.3) is 0 Å². The first-order valence-electron chi connectivity index (χ1n) is 12.7. The van der Waals surface area contributed by atoms with Gasteiger partial charge < -0.3 is 4.74 Å². The van der Waals surface area contributed by atoms with E-state index in [4.69, 9.17) is 9.84 Å². The number of carbonyl (C=O) groups is 2. The number of esters is 1. The SMILES string of the molecule is CCOC(=O)C1CCCN(CC(=O)N2N=C(c3ccc(C)cc3C)CC2c2cc(C)ccc2C)C1. The molecule has 6 heteroatoms. The minimum atomic E-state index is -0.167. The van der Waals surface area contributed by atoms with Gasteiger partial charge in [0, 0.05) is 18.5 Å². The maximum Gasteiger partial charge on any atom is 0.310 e. The van der Waals surface area contributed by atoms with Crippen LogP contribution in [0.2, 0.25) is 0 Å². The molecule has 1 amide bonds. The molecule has 1 saturated heterocycles. The number of carbonyl (C=O) groups excluding carboxylic acids is 2. The van der Waals surface area contributed by atoms with Crippen molar-refractivity contribution in [3.8, 4) is 0 Å². The molecule has 4 rings (SSSR count). The summed E-state index contributed by atoms with van der Waals surface area (Å²) >= 11 is 0. The molecule has 0 aliphatic carbocycles. The fraction of sp³-hybridized carbons (Fsp3) is 0.483. The maximum atomic E-state index is 13.7. The Hall–Kier alpha value is -2.99. The molecule has 0 saturated carbocycles. The fourth-order valence-corrected chi connectivity index (χ4v) is 5.32. The molecular weight excluding hydrogens is 438 g/mol. The molecule has 0 radical (unpaired) electrons. The summed E-state index contributed by atoms with van der Waals surface area (Å²) in [6.45, 7) is 12.2. The molecule has 2 aromatic rings. The predicted molar refractivity (Wildman–Crippen MR) is 138 cm³/mol. The minimum Gasteiger partial charge on any atom is -0.466 e. The van der Waals surface area contributed by atoms with Gasteiger partial charge in [0.25, 0.3) is 5.91 Å². The summed E-state index contributed by atoms with van der Waals surface area (Å²) < 4.78 is 5.23. The maximum absolute atomic E-state index is 13.7. The summed E-state index contributed by atoms with van der Waals surface area (Å²) in [5.74, 6) is -0.353. The van der Waals surface area contributed by atoms with Gasteiger partial charge in [-0.05, 0) is 70.7 Å². The summed E-state index contributed by atoms with van der Waals surface area (Å²) in [6, 6.07) is 12.7. The van der Waals surface area contributed by atoms with Gasteiger partial charge in [-0.15, -0.1) is 0 Å². The Balaban J connectivity index is 1.60. The van der Waals surface area contributed by atoms with E-state index in [1.54, 1.807) is 5.01 Å². The van der Waals surface area contributed by atoms with E-state index < -0.39 is 0 Å². The van der Waals surface area contributed by atoms with Crippen LogP contribution in [0.5, 0.6) is 0 Å². The van der Waals surface area contributed by atoms with Crippen molar-refractivity contribution in [1.82, 2.24) is 9.91 Å². The zero-order valence-electron chi connectivity index (χ0n) is 21.6. The molecule has 0 aromatic heterocycles. The number of ether oxygens (including phenoxy) is 1. The number of benzene rings is 2. The van der Waals surface area contributed by atoms with Crippen molar-refractivity contribution in [3.05, 3.63) is 69.8 Å². The highest BCUT2D eigenvalue weighted by atomic mass is 16.5. The third-order valence-electron chi connectivity index (χ3n) is 7.14. The lowest BCUT2D eigenvalue weighted by atomic mass is 9.92. The normalized spacial score (nSPS) is 20.6. The van der Waals surface area contributed by atoms with Crippen LogP contribution in [0.4, 0.5) is 0 Å². The lowest BCUT2D eigenvalue weighted by Crippen LogP contribution is -2.44. The summed E-state index contributed by atoms with van der Waals surface area (Å²) in [5.41, 5.74) is 7.91. The first-order chi connectivity index (χ1) is 16.8. The number of aryl methyl sites for hydroxylation is 4.